The fourth-order valence-corrected chi connectivity index (χ4v) is 2.64. The average molecular weight is 252 g/mol. The van der Waals surface area contributed by atoms with E-state index in [1.165, 1.54) is 16.3 Å². The van der Waals surface area contributed by atoms with Crippen LogP contribution in [-0.4, -0.2) is 14.2 Å². The predicted molar refractivity (Wildman–Crippen MR) is 79.3 cm³/mol. The van der Waals surface area contributed by atoms with Gasteiger partial charge in [0.1, 0.15) is 0 Å². The third-order valence-corrected chi connectivity index (χ3v) is 3.50. The molecule has 3 rings (SSSR count). The number of fused-ring (bicyclic) bond motifs is 3. The van der Waals surface area contributed by atoms with Gasteiger partial charge in [0, 0.05) is 10.8 Å². The summed E-state index contributed by atoms with van der Waals surface area (Å²) in [6, 6.07) is 14.6. The van der Waals surface area contributed by atoms with Crippen molar-refractivity contribution in [1.82, 2.24) is 0 Å². The van der Waals surface area contributed by atoms with E-state index < -0.39 is 0 Å². The van der Waals surface area contributed by atoms with E-state index in [2.05, 4.69) is 43.3 Å². The fraction of sp³-hybridized carbons (Fsp3) is 0.176. The lowest BCUT2D eigenvalue weighted by molar-refractivity contribution is 0.362. The average Bonchev–Trinajstić information content (AvgIpc) is 2.45. The molecule has 3 aromatic carbocycles. The van der Waals surface area contributed by atoms with Crippen molar-refractivity contribution in [2.45, 2.75) is 6.92 Å². The Morgan fingerprint density at radius 2 is 1.26 bits per heavy atom. The largest absolute Gasteiger partial charge is 0.492 e. The number of ether oxygens (including phenoxy) is 2. The van der Waals surface area contributed by atoms with Gasteiger partial charge in [0.2, 0.25) is 0 Å². The van der Waals surface area contributed by atoms with E-state index in [4.69, 9.17) is 9.47 Å². The number of aryl methyl sites for hydroxylation is 1. The highest BCUT2D eigenvalue weighted by molar-refractivity contribution is 6.13. The molecular weight excluding hydrogens is 236 g/mol. The normalized spacial score (nSPS) is 10.9. The number of rotatable bonds is 2. The van der Waals surface area contributed by atoms with Gasteiger partial charge in [-0.05, 0) is 17.7 Å². The summed E-state index contributed by atoms with van der Waals surface area (Å²) in [5, 5.41) is 4.57. The van der Waals surface area contributed by atoms with Crippen LogP contribution in [0.1, 0.15) is 5.56 Å². The second-order valence-electron chi connectivity index (χ2n) is 4.66. The quantitative estimate of drug-likeness (QED) is 0.632. The van der Waals surface area contributed by atoms with Crippen LogP contribution < -0.4 is 9.47 Å². The lowest BCUT2D eigenvalue weighted by atomic mass is 9.98. The predicted octanol–water partition coefficient (Wildman–Crippen LogP) is 4.32. The Hall–Kier alpha value is -2.22. The van der Waals surface area contributed by atoms with Crippen molar-refractivity contribution in [2.24, 2.45) is 0 Å². The molecule has 2 nitrogen and oxygen atoms in total. The summed E-state index contributed by atoms with van der Waals surface area (Å²) in [5.41, 5.74) is 1.24. The van der Waals surface area contributed by atoms with E-state index in [1.807, 2.05) is 6.07 Å². The third-order valence-electron chi connectivity index (χ3n) is 3.50. The van der Waals surface area contributed by atoms with Crippen molar-refractivity contribution in [2.75, 3.05) is 14.2 Å². The van der Waals surface area contributed by atoms with Gasteiger partial charge < -0.3 is 9.47 Å². The van der Waals surface area contributed by atoms with Gasteiger partial charge in [0.05, 0.1) is 14.2 Å². The summed E-state index contributed by atoms with van der Waals surface area (Å²) < 4.78 is 11.1. The number of hydrogen-bond acceptors (Lipinski definition) is 2. The topological polar surface area (TPSA) is 18.5 Å². The first-order valence-electron chi connectivity index (χ1n) is 6.29. The van der Waals surface area contributed by atoms with E-state index in [0.717, 1.165) is 22.3 Å². The van der Waals surface area contributed by atoms with Gasteiger partial charge in [-0.25, -0.2) is 0 Å². The second kappa shape index (κ2) is 4.47. The van der Waals surface area contributed by atoms with Crippen LogP contribution in [-0.2, 0) is 0 Å². The molecule has 2 heteroatoms. The Balaban J connectivity index is 2.60. The van der Waals surface area contributed by atoms with Crippen LogP contribution in [0.5, 0.6) is 11.5 Å². The molecule has 0 spiro atoms. The minimum absolute atomic E-state index is 0.800. The van der Waals surface area contributed by atoms with Crippen LogP contribution in [0, 0.1) is 6.92 Å². The summed E-state index contributed by atoms with van der Waals surface area (Å²) in [5.74, 6) is 1.60. The van der Waals surface area contributed by atoms with Crippen LogP contribution in [0.2, 0.25) is 0 Å². The smallest absolute Gasteiger partial charge is 0.169 e. The molecule has 0 heterocycles. The minimum atomic E-state index is 0.800. The summed E-state index contributed by atoms with van der Waals surface area (Å²) in [6.45, 7) is 2.10. The Bertz CT molecular complexity index is 760. The fourth-order valence-electron chi connectivity index (χ4n) is 2.64. The van der Waals surface area contributed by atoms with E-state index in [0.29, 0.717) is 0 Å². The first kappa shape index (κ1) is 11.8. The maximum atomic E-state index is 5.57. The molecule has 0 radical (unpaired) electrons. The molecule has 96 valence electrons. The highest BCUT2D eigenvalue weighted by atomic mass is 16.5. The number of hydrogen-bond donors (Lipinski definition) is 0. The van der Waals surface area contributed by atoms with Crippen LogP contribution in [0.3, 0.4) is 0 Å². The lowest BCUT2D eigenvalue weighted by Crippen LogP contribution is -1.94. The van der Waals surface area contributed by atoms with Crippen molar-refractivity contribution < 1.29 is 9.47 Å². The third kappa shape index (κ3) is 1.72. The van der Waals surface area contributed by atoms with Crippen LogP contribution in [0.25, 0.3) is 21.5 Å². The molecule has 0 aliphatic rings. The van der Waals surface area contributed by atoms with Gasteiger partial charge in [-0.3, -0.25) is 0 Å². The zero-order valence-electron chi connectivity index (χ0n) is 11.4. The van der Waals surface area contributed by atoms with Gasteiger partial charge in [-0.15, -0.1) is 0 Å². The van der Waals surface area contributed by atoms with Gasteiger partial charge in [-0.2, -0.15) is 0 Å². The number of methoxy groups -OCH3 is 2. The van der Waals surface area contributed by atoms with Crippen LogP contribution in [0.15, 0.2) is 42.5 Å². The summed E-state index contributed by atoms with van der Waals surface area (Å²) in [6.07, 6.45) is 0. The first-order valence-corrected chi connectivity index (χ1v) is 6.29. The molecule has 0 atom stereocenters. The van der Waals surface area contributed by atoms with E-state index in [1.54, 1.807) is 14.2 Å². The first-order chi connectivity index (χ1) is 9.26. The second-order valence-corrected chi connectivity index (χ2v) is 4.66. The molecule has 19 heavy (non-hydrogen) atoms. The van der Waals surface area contributed by atoms with E-state index in [-0.39, 0.29) is 0 Å². The Morgan fingerprint density at radius 1 is 0.684 bits per heavy atom. The molecule has 0 fully saturated rings. The Labute approximate surface area is 112 Å². The van der Waals surface area contributed by atoms with Gasteiger partial charge in [0.25, 0.3) is 0 Å². The molecule has 0 aliphatic heterocycles. The molecule has 0 aliphatic carbocycles. The molecule has 0 bridgehead atoms. The molecule has 0 aromatic heterocycles. The van der Waals surface area contributed by atoms with E-state index >= 15 is 0 Å². The number of benzene rings is 3. The molecule has 0 amide bonds. The summed E-state index contributed by atoms with van der Waals surface area (Å²) >= 11 is 0. The molecule has 0 saturated heterocycles. The monoisotopic (exact) mass is 252 g/mol. The minimum Gasteiger partial charge on any atom is -0.492 e. The molecule has 0 unspecified atom stereocenters. The van der Waals surface area contributed by atoms with Gasteiger partial charge in [0.15, 0.2) is 11.5 Å². The molecule has 3 aromatic rings. The zero-order valence-corrected chi connectivity index (χ0v) is 11.4. The van der Waals surface area contributed by atoms with Gasteiger partial charge >= 0.3 is 0 Å². The van der Waals surface area contributed by atoms with Crippen molar-refractivity contribution >= 4 is 21.5 Å². The molecular formula is C17H16O2. The molecule has 0 N–H and O–H groups in total. The summed E-state index contributed by atoms with van der Waals surface area (Å²) in [4.78, 5) is 0. The maximum Gasteiger partial charge on any atom is 0.169 e. The SMILES string of the molecule is COc1c(OC)c2ccc(C)cc2c2ccccc12. The van der Waals surface area contributed by atoms with Crippen LogP contribution in [0.4, 0.5) is 0 Å². The maximum absolute atomic E-state index is 5.57. The van der Waals surface area contributed by atoms with Crippen LogP contribution >= 0.6 is 0 Å². The van der Waals surface area contributed by atoms with Crippen molar-refractivity contribution in [3.8, 4) is 11.5 Å². The van der Waals surface area contributed by atoms with Crippen molar-refractivity contribution in [3.05, 3.63) is 48.0 Å². The molecule has 0 saturated carbocycles. The van der Waals surface area contributed by atoms with E-state index in [9.17, 15) is 0 Å². The Morgan fingerprint density at radius 3 is 1.89 bits per heavy atom. The lowest BCUT2D eigenvalue weighted by Gasteiger charge is -2.15. The highest BCUT2D eigenvalue weighted by Gasteiger charge is 2.15. The highest BCUT2D eigenvalue weighted by Crippen LogP contribution is 2.43. The van der Waals surface area contributed by atoms with Gasteiger partial charge in [-0.1, -0.05) is 48.0 Å². The summed E-state index contributed by atoms with van der Waals surface area (Å²) in [7, 11) is 3.37. The Kier molecular flexibility index (Phi) is 2.79. The van der Waals surface area contributed by atoms with Crippen molar-refractivity contribution in [3.63, 3.8) is 0 Å². The van der Waals surface area contributed by atoms with Crippen molar-refractivity contribution in [1.29, 1.82) is 0 Å². The zero-order chi connectivity index (χ0) is 13.4. The standard InChI is InChI=1S/C17H16O2/c1-11-8-9-14-15(10-11)12-6-4-5-7-13(12)16(18-2)17(14)19-3/h4-10H,1-3H3.